The molecule has 2 fully saturated rings. The second-order valence-electron chi connectivity index (χ2n) is 7.81. The van der Waals surface area contributed by atoms with Crippen LogP contribution in [-0.4, -0.2) is 82.9 Å². The lowest BCUT2D eigenvalue weighted by Crippen LogP contribution is -2.47. The minimum atomic E-state index is -1.12. The van der Waals surface area contributed by atoms with Crippen LogP contribution in [0.3, 0.4) is 0 Å². The summed E-state index contributed by atoms with van der Waals surface area (Å²) < 4.78 is 5.41. The van der Waals surface area contributed by atoms with E-state index < -0.39 is 17.0 Å². The third kappa shape index (κ3) is 3.99. The Hall–Kier alpha value is -1.97. The predicted molar refractivity (Wildman–Crippen MR) is 99.2 cm³/mol. The molecule has 3 rings (SSSR count). The summed E-state index contributed by atoms with van der Waals surface area (Å²) in [5.74, 6) is 0.208. The number of aliphatic hydroxyl groups excluding tert-OH is 1. The van der Waals surface area contributed by atoms with Crippen molar-refractivity contribution >= 4 is 17.7 Å². The largest absolute Gasteiger partial charge is 0.481 e. The Morgan fingerprint density at radius 3 is 2.41 bits per heavy atom. The molecular weight excluding hydrogens is 352 g/mol. The average molecular weight is 380 g/mol. The molecule has 0 aliphatic carbocycles. The number of anilines is 2. The van der Waals surface area contributed by atoms with Crippen LogP contribution in [0.1, 0.15) is 32.3 Å². The number of hydrogen-bond acceptors (Lipinski definition) is 8. The van der Waals surface area contributed by atoms with E-state index in [4.69, 9.17) is 9.72 Å². The molecule has 3 N–H and O–H groups in total. The Labute approximate surface area is 158 Å². The van der Waals surface area contributed by atoms with E-state index >= 15 is 0 Å². The number of carboxylic acids is 1. The van der Waals surface area contributed by atoms with Gasteiger partial charge in [0.2, 0.25) is 5.95 Å². The van der Waals surface area contributed by atoms with Gasteiger partial charge in [0.1, 0.15) is 5.82 Å². The summed E-state index contributed by atoms with van der Waals surface area (Å²) in [5.41, 5.74) is -1.59. The summed E-state index contributed by atoms with van der Waals surface area (Å²) in [4.78, 5) is 24.9. The van der Waals surface area contributed by atoms with Crippen LogP contribution in [0.25, 0.3) is 0 Å². The van der Waals surface area contributed by atoms with Gasteiger partial charge in [0.25, 0.3) is 0 Å². The number of rotatable bonds is 5. The molecule has 9 nitrogen and oxygen atoms in total. The quantitative estimate of drug-likeness (QED) is 0.648. The molecule has 9 heteroatoms. The van der Waals surface area contributed by atoms with Gasteiger partial charge in [-0.2, -0.15) is 4.98 Å². The first-order valence-electron chi connectivity index (χ1n) is 9.29. The van der Waals surface area contributed by atoms with Gasteiger partial charge in [0.05, 0.1) is 30.8 Å². The molecule has 1 aromatic rings. The highest BCUT2D eigenvalue weighted by molar-refractivity contribution is 5.82. The van der Waals surface area contributed by atoms with Crippen LogP contribution < -0.4 is 9.80 Å². The summed E-state index contributed by atoms with van der Waals surface area (Å²) in [6.07, 6.45) is 2.47. The smallest absolute Gasteiger partial charge is 0.313 e. The molecule has 2 aliphatic rings. The molecule has 0 atom stereocenters. The summed E-state index contributed by atoms with van der Waals surface area (Å²) in [7, 11) is 0. The molecule has 0 aromatic carbocycles. The highest BCUT2D eigenvalue weighted by atomic mass is 16.5. The Bertz CT molecular complexity index is 682. The van der Waals surface area contributed by atoms with Crippen LogP contribution in [0.2, 0.25) is 0 Å². The number of morpholine rings is 1. The monoisotopic (exact) mass is 380 g/mol. The zero-order chi connectivity index (χ0) is 19.7. The Balaban J connectivity index is 1.92. The highest BCUT2D eigenvalue weighted by Gasteiger charge is 2.37. The van der Waals surface area contributed by atoms with Gasteiger partial charge < -0.3 is 29.9 Å². The number of ether oxygens (including phenoxy) is 1. The average Bonchev–Trinajstić information content (AvgIpc) is 2.68. The number of aliphatic hydroxyl groups is 2. The lowest BCUT2D eigenvalue weighted by molar-refractivity contribution is -0.142. The van der Waals surface area contributed by atoms with E-state index in [0.717, 1.165) is 0 Å². The van der Waals surface area contributed by atoms with Gasteiger partial charge in [-0.3, -0.25) is 4.79 Å². The van der Waals surface area contributed by atoms with E-state index in [9.17, 15) is 20.1 Å². The van der Waals surface area contributed by atoms with Crippen LogP contribution in [0.5, 0.6) is 0 Å². The molecule has 0 radical (unpaired) electrons. The topological polar surface area (TPSA) is 119 Å². The first-order valence-corrected chi connectivity index (χ1v) is 9.29. The normalized spacial score (nSPS) is 20.6. The van der Waals surface area contributed by atoms with Gasteiger partial charge in [-0.15, -0.1) is 0 Å². The van der Waals surface area contributed by atoms with Crippen molar-refractivity contribution in [2.24, 2.45) is 0 Å². The van der Waals surface area contributed by atoms with Crippen LogP contribution in [0.15, 0.2) is 6.20 Å². The van der Waals surface area contributed by atoms with E-state index in [-0.39, 0.29) is 6.61 Å². The van der Waals surface area contributed by atoms with Crippen molar-refractivity contribution in [3.8, 4) is 0 Å². The molecule has 3 heterocycles. The van der Waals surface area contributed by atoms with Crippen molar-refractivity contribution in [3.05, 3.63) is 11.8 Å². The van der Waals surface area contributed by atoms with Crippen molar-refractivity contribution in [1.82, 2.24) is 9.97 Å². The fraction of sp³-hybridized carbons (Fsp3) is 0.722. The van der Waals surface area contributed by atoms with Gasteiger partial charge in [-0.05, 0) is 26.7 Å². The maximum absolute atomic E-state index is 11.8. The number of carboxylic acid groups (broad SMARTS) is 1. The standard InChI is InChI=1S/C18H28N4O5/c1-17(2,15(24)25)13-11-19-16(20-14(13)21-7-9-27-10-8-21)22-5-3-18(26,12-23)4-6-22/h11,23,26H,3-10,12H2,1-2H3,(H,24,25). The fourth-order valence-electron chi connectivity index (χ4n) is 3.37. The first-order chi connectivity index (χ1) is 12.8. The second-order valence-corrected chi connectivity index (χ2v) is 7.81. The van der Waals surface area contributed by atoms with E-state index in [1.54, 1.807) is 20.0 Å². The van der Waals surface area contributed by atoms with Crippen LogP contribution in [-0.2, 0) is 14.9 Å². The van der Waals surface area contributed by atoms with E-state index in [1.165, 1.54) is 0 Å². The molecule has 2 saturated heterocycles. The molecular formula is C18H28N4O5. The molecule has 0 saturated carbocycles. The number of nitrogens with zero attached hydrogens (tertiary/aromatic N) is 4. The Kier molecular flexibility index (Phi) is 5.55. The molecule has 0 bridgehead atoms. The number of hydrogen-bond donors (Lipinski definition) is 3. The lowest BCUT2D eigenvalue weighted by Gasteiger charge is -2.38. The van der Waals surface area contributed by atoms with Gasteiger partial charge in [-0.25, -0.2) is 4.98 Å². The fourth-order valence-corrected chi connectivity index (χ4v) is 3.37. The van der Waals surface area contributed by atoms with Gasteiger partial charge in [-0.1, -0.05) is 0 Å². The maximum atomic E-state index is 11.8. The van der Waals surface area contributed by atoms with Crippen molar-refractivity contribution in [3.63, 3.8) is 0 Å². The van der Waals surface area contributed by atoms with Crippen molar-refractivity contribution < 1.29 is 24.9 Å². The second kappa shape index (κ2) is 7.57. The van der Waals surface area contributed by atoms with Crippen molar-refractivity contribution in [2.75, 3.05) is 55.8 Å². The minimum Gasteiger partial charge on any atom is -0.481 e. The number of aliphatic carboxylic acids is 1. The van der Waals surface area contributed by atoms with Crippen LogP contribution in [0, 0.1) is 0 Å². The molecule has 0 spiro atoms. The molecule has 2 aliphatic heterocycles. The summed E-state index contributed by atoms with van der Waals surface area (Å²) in [6, 6.07) is 0. The van der Waals surface area contributed by atoms with Crippen molar-refractivity contribution in [1.29, 1.82) is 0 Å². The van der Waals surface area contributed by atoms with E-state index in [1.807, 2.05) is 9.80 Å². The summed E-state index contributed by atoms with van der Waals surface area (Å²) >= 11 is 0. The van der Waals surface area contributed by atoms with E-state index in [2.05, 4.69) is 4.98 Å². The molecule has 0 amide bonds. The summed E-state index contributed by atoms with van der Waals surface area (Å²) in [5, 5.41) is 29.2. The highest BCUT2D eigenvalue weighted by Crippen LogP contribution is 2.33. The number of aromatic nitrogens is 2. The lowest BCUT2D eigenvalue weighted by atomic mass is 9.85. The van der Waals surface area contributed by atoms with Gasteiger partial charge in [0, 0.05) is 37.9 Å². The first kappa shape index (κ1) is 19.8. The third-order valence-electron chi connectivity index (χ3n) is 5.55. The van der Waals surface area contributed by atoms with Gasteiger partial charge >= 0.3 is 5.97 Å². The maximum Gasteiger partial charge on any atom is 0.313 e. The molecule has 0 unspecified atom stereocenters. The molecule has 1 aromatic heterocycles. The Morgan fingerprint density at radius 1 is 1.22 bits per heavy atom. The third-order valence-corrected chi connectivity index (χ3v) is 5.55. The van der Waals surface area contributed by atoms with Crippen molar-refractivity contribution in [2.45, 2.75) is 37.7 Å². The zero-order valence-corrected chi connectivity index (χ0v) is 15.9. The van der Waals surface area contributed by atoms with Crippen LogP contribution >= 0.6 is 0 Å². The number of piperidine rings is 1. The molecule has 150 valence electrons. The number of carbonyl (C=O) groups is 1. The Morgan fingerprint density at radius 2 is 1.85 bits per heavy atom. The van der Waals surface area contributed by atoms with Crippen LogP contribution in [0.4, 0.5) is 11.8 Å². The summed E-state index contributed by atoms with van der Waals surface area (Å²) in [6.45, 7) is 6.53. The zero-order valence-electron chi connectivity index (χ0n) is 15.9. The molecule has 27 heavy (non-hydrogen) atoms. The van der Waals surface area contributed by atoms with E-state index in [0.29, 0.717) is 69.6 Å². The van der Waals surface area contributed by atoms with Gasteiger partial charge in [0.15, 0.2) is 0 Å². The predicted octanol–water partition coefficient (Wildman–Crippen LogP) is -0.001000. The minimum absolute atomic E-state index is 0.257. The SMILES string of the molecule is CC(C)(C(=O)O)c1cnc(N2CCC(O)(CO)CC2)nc1N1CCOCC1.